The van der Waals surface area contributed by atoms with Gasteiger partial charge >= 0.3 is 5.97 Å². The molecule has 3 aliphatic heterocycles. The van der Waals surface area contributed by atoms with Crippen LogP contribution in [0.5, 0.6) is 0 Å². The van der Waals surface area contributed by atoms with Gasteiger partial charge in [0.15, 0.2) is 11.6 Å². The van der Waals surface area contributed by atoms with Gasteiger partial charge in [0.2, 0.25) is 5.79 Å². The van der Waals surface area contributed by atoms with Crippen molar-refractivity contribution in [1.29, 1.82) is 0 Å². The van der Waals surface area contributed by atoms with Gasteiger partial charge in [0.05, 0.1) is 49.4 Å². The van der Waals surface area contributed by atoms with Crippen molar-refractivity contribution in [2.45, 2.75) is 173 Å². The topological polar surface area (TPSA) is 231 Å². The van der Waals surface area contributed by atoms with E-state index in [2.05, 4.69) is 0 Å². The lowest BCUT2D eigenvalue weighted by atomic mass is 9.78. The van der Waals surface area contributed by atoms with Gasteiger partial charge < -0.3 is 54.4 Å². The van der Waals surface area contributed by atoms with Crippen LogP contribution in [-0.2, 0) is 52.4 Å². The number of methoxy groups -OCH3 is 3. The van der Waals surface area contributed by atoms with Gasteiger partial charge in [-0.05, 0) is 94.5 Å². The van der Waals surface area contributed by atoms with Crippen molar-refractivity contribution in [2.24, 2.45) is 41.2 Å². The van der Waals surface area contributed by atoms with E-state index in [0.717, 1.165) is 12.0 Å². The molecule has 4 aliphatic rings. The van der Waals surface area contributed by atoms with Crippen molar-refractivity contribution in [3.8, 4) is 0 Å². The number of hydrogen-bond acceptors (Lipinski definition) is 15. The zero-order valence-corrected chi connectivity index (χ0v) is 42.0. The van der Waals surface area contributed by atoms with E-state index < -0.39 is 89.5 Å². The number of carbonyl (C=O) groups is 5. The number of piperidine rings is 1. The molecule has 384 valence electrons. The lowest BCUT2D eigenvalue weighted by Gasteiger charge is -2.42. The third-order valence-corrected chi connectivity index (χ3v) is 14.7. The van der Waals surface area contributed by atoms with Gasteiger partial charge in [0, 0.05) is 58.5 Å². The number of nitrogens with zero attached hydrogens (tertiary/aromatic N) is 1. The summed E-state index contributed by atoms with van der Waals surface area (Å²) in [6, 6.07) is -1.18. The van der Waals surface area contributed by atoms with Gasteiger partial charge in [-0.2, -0.15) is 0 Å². The molecule has 16 nitrogen and oxygen atoms in total. The monoisotopic (exact) mass is 959 g/mol. The van der Waals surface area contributed by atoms with Crippen LogP contribution < -0.4 is 5.73 Å². The van der Waals surface area contributed by atoms with Gasteiger partial charge in [0.25, 0.3) is 11.7 Å². The molecule has 0 spiro atoms. The maximum Gasteiger partial charge on any atom is 0.329 e. The van der Waals surface area contributed by atoms with E-state index in [9.17, 15) is 39.3 Å². The lowest BCUT2D eigenvalue weighted by molar-refractivity contribution is -0.265. The van der Waals surface area contributed by atoms with Crippen molar-refractivity contribution in [3.63, 3.8) is 0 Å². The van der Waals surface area contributed by atoms with E-state index in [1.165, 1.54) is 18.1 Å². The van der Waals surface area contributed by atoms with Gasteiger partial charge in [0.1, 0.15) is 18.2 Å². The molecule has 15 atom stereocenters. The molecular weight excluding hydrogens is 877 g/mol. The number of ketones is 3. The molecule has 0 aromatic heterocycles. The number of fused-ring (bicyclic) bond motifs is 3. The summed E-state index contributed by atoms with van der Waals surface area (Å²) >= 11 is 0. The molecule has 1 saturated carbocycles. The van der Waals surface area contributed by atoms with Crippen LogP contribution in [0.25, 0.3) is 0 Å². The van der Waals surface area contributed by atoms with Crippen LogP contribution in [-0.4, -0.2) is 145 Å². The Labute approximate surface area is 404 Å². The molecule has 2 saturated heterocycles. The number of ether oxygens (including phenoxy) is 6. The quantitative estimate of drug-likeness (QED) is 0.174. The molecule has 3 fully saturated rings. The highest BCUT2D eigenvalue weighted by Gasteiger charge is 2.53. The number of aliphatic hydroxyl groups is 3. The molecule has 4 rings (SSSR count). The van der Waals surface area contributed by atoms with E-state index in [1.807, 2.05) is 51.2 Å². The fourth-order valence-electron chi connectivity index (χ4n) is 10.4. The molecule has 2 bridgehead atoms. The minimum atomic E-state index is -2.45. The zero-order chi connectivity index (χ0) is 50.3. The fraction of sp³-hybridized carbons (Fsp3) is 0.750. The second-order valence-corrected chi connectivity index (χ2v) is 19.9. The highest BCUT2D eigenvalue weighted by atomic mass is 16.6. The predicted octanol–water partition coefficient (Wildman–Crippen LogP) is 5.09. The summed E-state index contributed by atoms with van der Waals surface area (Å²) in [7, 11) is 4.54. The first-order valence-electron chi connectivity index (χ1n) is 24.8. The number of aliphatic hydroxyl groups excluding tert-OH is 2. The Bertz CT molecular complexity index is 1810. The Balaban J connectivity index is 1.70. The molecular formula is C52H82N2O14. The maximum absolute atomic E-state index is 14.4. The number of esters is 1. The SMILES string of the molecule is COC1CC2CCC(C)C(O)(O2)C(=O)C(=O)N2CCCCC2C(=O)OC(C(C)CC2CCC(OCCO)C(OC)C2)CC(=O)/C(N)=C/C(C)C(O)C(OC)C(=O)C(C)CC(C)C=CC=CC=C1C. The summed E-state index contributed by atoms with van der Waals surface area (Å²) in [5.74, 6) is -8.57. The number of rotatable bonds is 9. The molecule has 0 radical (unpaired) electrons. The smallest absolute Gasteiger partial charge is 0.329 e. The first kappa shape index (κ1) is 57.0. The third kappa shape index (κ3) is 15.2. The van der Waals surface area contributed by atoms with Crippen molar-refractivity contribution in [1.82, 2.24) is 4.90 Å². The molecule has 0 aromatic rings. The summed E-state index contributed by atoms with van der Waals surface area (Å²) < 4.78 is 35.4. The Morgan fingerprint density at radius 2 is 1.63 bits per heavy atom. The van der Waals surface area contributed by atoms with Crippen molar-refractivity contribution >= 4 is 29.2 Å². The van der Waals surface area contributed by atoms with Crippen LogP contribution in [0.3, 0.4) is 0 Å². The van der Waals surface area contributed by atoms with Crippen molar-refractivity contribution in [3.05, 3.63) is 47.7 Å². The molecule has 5 N–H and O–H groups in total. The normalized spacial score (nSPS) is 37.4. The number of hydrogen-bond donors (Lipinski definition) is 4. The Kier molecular flexibility index (Phi) is 22.7. The fourth-order valence-corrected chi connectivity index (χ4v) is 10.4. The third-order valence-electron chi connectivity index (χ3n) is 14.7. The van der Waals surface area contributed by atoms with E-state index in [0.29, 0.717) is 57.8 Å². The van der Waals surface area contributed by atoms with Crippen LogP contribution in [0, 0.1) is 35.5 Å². The average Bonchev–Trinajstić information content (AvgIpc) is 3.32. The summed E-state index contributed by atoms with van der Waals surface area (Å²) in [5.41, 5.74) is 7.12. The van der Waals surface area contributed by atoms with Gasteiger partial charge in [-0.1, -0.05) is 71.1 Å². The van der Waals surface area contributed by atoms with Crippen molar-refractivity contribution < 1.29 is 67.7 Å². The minimum absolute atomic E-state index is 0.00151. The Morgan fingerprint density at radius 1 is 0.897 bits per heavy atom. The van der Waals surface area contributed by atoms with Gasteiger partial charge in [-0.3, -0.25) is 19.2 Å². The summed E-state index contributed by atoms with van der Waals surface area (Å²) in [6.07, 6.45) is 11.1. The van der Waals surface area contributed by atoms with Crippen molar-refractivity contribution in [2.75, 3.05) is 41.1 Å². The number of cyclic esters (lactones) is 1. The maximum atomic E-state index is 14.4. The molecule has 1 amide bonds. The first-order chi connectivity index (χ1) is 32.3. The zero-order valence-electron chi connectivity index (χ0n) is 42.0. The highest BCUT2D eigenvalue weighted by molar-refractivity contribution is 6.39. The number of nitrogens with two attached hydrogens (primary N) is 1. The lowest BCUT2D eigenvalue weighted by Crippen LogP contribution is -2.61. The Hall–Kier alpha value is -3.61. The summed E-state index contributed by atoms with van der Waals surface area (Å²) in [5, 5.41) is 32.7. The standard InChI is InChI=1S/C52H82N2O14/c1-31-15-11-10-12-16-32(2)43(63-7)29-38-20-18-36(6)52(62,68-38)49(59)50(60)54-22-14-13-17-40(54)51(61)67-44(33(3)26-37-19-21-42(66-24-23-55)45(28-37)64-8)30-41(56)39(53)27-35(5)47(58)48(65-9)46(57)34(4)25-31/h10-12,15-16,27,31,33-38,40,42-45,47-48,55,58,62H,13-14,17-26,28-30,53H2,1-9H3/b12-10?,15-11?,32-16?,39-27-. The molecule has 16 heteroatoms. The average molecular weight is 959 g/mol. The van der Waals surface area contributed by atoms with Crippen LogP contribution in [0.15, 0.2) is 47.7 Å². The van der Waals surface area contributed by atoms with E-state index in [-0.39, 0.29) is 68.1 Å². The number of allylic oxidation sites excluding steroid dienone is 6. The van der Waals surface area contributed by atoms with E-state index >= 15 is 0 Å². The highest BCUT2D eigenvalue weighted by Crippen LogP contribution is 2.38. The van der Waals surface area contributed by atoms with Gasteiger partial charge in [-0.25, -0.2) is 4.79 Å². The van der Waals surface area contributed by atoms with Crippen LogP contribution in [0.2, 0.25) is 0 Å². The second-order valence-electron chi connectivity index (χ2n) is 19.9. The van der Waals surface area contributed by atoms with Crippen LogP contribution in [0.1, 0.15) is 119 Å². The molecule has 1 aliphatic carbocycles. The minimum Gasteiger partial charge on any atom is -0.460 e. The molecule has 3 heterocycles. The second kappa shape index (κ2) is 27.1. The summed E-state index contributed by atoms with van der Waals surface area (Å²) in [6.45, 7) is 11.0. The van der Waals surface area contributed by atoms with E-state index in [1.54, 1.807) is 35.0 Å². The van der Waals surface area contributed by atoms with Crippen LogP contribution >= 0.6 is 0 Å². The Morgan fingerprint density at radius 3 is 2.31 bits per heavy atom. The largest absolute Gasteiger partial charge is 0.460 e. The predicted molar refractivity (Wildman–Crippen MR) is 254 cm³/mol. The molecule has 68 heavy (non-hydrogen) atoms. The first-order valence-corrected chi connectivity index (χ1v) is 24.8. The van der Waals surface area contributed by atoms with Gasteiger partial charge in [-0.15, -0.1) is 0 Å². The number of Topliss-reactive ketones (excluding diaryl/α,β-unsaturated/α-hetero) is 3. The number of carbonyl (C=O) groups excluding carboxylic acids is 5. The molecule has 15 unspecified atom stereocenters. The van der Waals surface area contributed by atoms with E-state index in [4.69, 9.17) is 34.2 Å². The molecule has 0 aromatic carbocycles. The number of amides is 1. The van der Waals surface area contributed by atoms with Crippen LogP contribution in [0.4, 0.5) is 0 Å². The summed E-state index contributed by atoms with van der Waals surface area (Å²) in [4.78, 5) is 71.9.